The van der Waals surface area contributed by atoms with Crippen LogP contribution in [0, 0.1) is 12.7 Å². The molecule has 0 spiro atoms. The third kappa shape index (κ3) is 5.22. The fourth-order valence-corrected chi connectivity index (χ4v) is 6.51. The first kappa shape index (κ1) is 28.8. The number of imidazole rings is 1. The lowest BCUT2D eigenvalue weighted by atomic mass is 9.88. The van der Waals surface area contributed by atoms with E-state index in [9.17, 15) is 14.3 Å². The number of carboxylic acid groups (broad SMARTS) is 1. The summed E-state index contributed by atoms with van der Waals surface area (Å²) in [4.78, 5) is 22.7. The number of hydrogen-bond donors (Lipinski definition) is 1. The number of hydrogen-bond acceptors (Lipinski definition) is 8. The number of oxazole rings is 1. The van der Waals surface area contributed by atoms with Crippen molar-refractivity contribution in [2.75, 3.05) is 19.7 Å². The van der Waals surface area contributed by atoms with Crippen LogP contribution in [0.15, 0.2) is 47.1 Å². The molecule has 7 rings (SSSR count). The standard InChI is InChI=1S/C32H32ClFN4O6/c1-18-28(25-17-42-30(35-25)31(39)40)36-27(38(18)15-21-10-13-41-21)16-37-11-8-19(9-12-37)22-4-3-5-26-29(22)44-32(2,43-26)23-7-6-20(33)14-24(23)34/h3-7,14,17,19,21H,8-13,15-16H2,1-2H3,(H,39,40). The summed E-state index contributed by atoms with van der Waals surface area (Å²) in [6, 6.07) is 10.4. The lowest BCUT2D eigenvalue weighted by molar-refractivity contribution is -0.0712. The normalized spacial score (nSPS) is 21.9. The van der Waals surface area contributed by atoms with Gasteiger partial charge in [-0.05, 0) is 69.5 Å². The number of benzene rings is 2. The van der Waals surface area contributed by atoms with Gasteiger partial charge in [-0.2, -0.15) is 0 Å². The van der Waals surface area contributed by atoms with Gasteiger partial charge in [0.25, 0.3) is 5.79 Å². The number of aromatic carboxylic acids is 1. The van der Waals surface area contributed by atoms with Crippen molar-refractivity contribution in [3.8, 4) is 22.9 Å². The highest BCUT2D eigenvalue weighted by Gasteiger charge is 2.43. The molecule has 0 aliphatic carbocycles. The van der Waals surface area contributed by atoms with E-state index in [0.717, 1.165) is 56.0 Å². The number of piperidine rings is 1. The van der Waals surface area contributed by atoms with E-state index in [2.05, 4.69) is 20.5 Å². The van der Waals surface area contributed by atoms with Crippen molar-refractivity contribution >= 4 is 17.6 Å². The number of nitrogens with zero attached hydrogens (tertiary/aromatic N) is 4. The lowest BCUT2D eigenvalue weighted by Crippen LogP contribution is -2.35. The Morgan fingerprint density at radius 3 is 2.64 bits per heavy atom. The van der Waals surface area contributed by atoms with Crippen LogP contribution in [0.2, 0.25) is 5.02 Å². The molecule has 5 heterocycles. The molecule has 0 radical (unpaired) electrons. The average Bonchev–Trinajstić information content (AvgIpc) is 3.67. The van der Waals surface area contributed by atoms with Gasteiger partial charge in [-0.15, -0.1) is 0 Å². The number of ether oxygens (including phenoxy) is 3. The zero-order valence-electron chi connectivity index (χ0n) is 24.4. The minimum atomic E-state index is -1.29. The molecule has 12 heteroatoms. The predicted molar refractivity (Wildman–Crippen MR) is 157 cm³/mol. The van der Waals surface area contributed by atoms with Crippen molar-refractivity contribution in [1.29, 1.82) is 0 Å². The van der Waals surface area contributed by atoms with E-state index in [1.165, 1.54) is 12.3 Å². The summed E-state index contributed by atoms with van der Waals surface area (Å²) in [5.41, 5.74) is 3.26. The molecule has 1 N–H and O–H groups in total. The second-order valence-corrected chi connectivity index (χ2v) is 12.1. The Hall–Kier alpha value is -3.93. The molecule has 4 aromatic rings. The average molecular weight is 623 g/mol. The molecule has 2 fully saturated rings. The Morgan fingerprint density at radius 2 is 1.95 bits per heavy atom. The summed E-state index contributed by atoms with van der Waals surface area (Å²) in [5.74, 6) is -0.968. The summed E-state index contributed by atoms with van der Waals surface area (Å²) in [7, 11) is 0. The summed E-state index contributed by atoms with van der Waals surface area (Å²) in [6.07, 6.45) is 4.25. The van der Waals surface area contributed by atoms with Gasteiger partial charge in [0.2, 0.25) is 0 Å². The smallest absolute Gasteiger partial charge is 0.392 e. The minimum absolute atomic E-state index is 0.126. The zero-order valence-corrected chi connectivity index (χ0v) is 25.1. The molecule has 2 saturated heterocycles. The molecule has 0 amide bonds. The van der Waals surface area contributed by atoms with Crippen LogP contribution in [0.25, 0.3) is 11.4 Å². The Kier molecular flexibility index (Phi) is 7.34. The Morgan fingerprint density at radius 1 is 1.16 bits per heavy atom. The molecule has 10 nitrogen and oxygen atoms in total. The van der Waals surface area contributed by atoms with Crippen molar-refractivity contribution in [1.82, 2.24) is 19.4 Å². The highest BCUT2D eigenvalue weighted by Crippen LogP contribution is 2.50. The third-order valence-electron chi connectivity index (χ3n) is 8.83. The molecule has 2 aromatic heterocycles. The van der Waals surface area contributed by atoms with Crippen LogP contribution < -0.4 is 9.47 Å². The first-order valence-corrected chi connectivity index (χ1v) is 15.1. The molecule has 0 bridgehead atoms. The lowest BCUT2D eigenvalue weighted by Gasteiger charge is -2.33. The Balaban J connectivity index is 1.07. The number of fused-ring (bicyclic) bond motifs is 1. The van der Waals surface area contributed by atoms with Crippen molar-refractivity contribution in [2.45, 2.75) is 64.0 Å². The van der Waals surface area contributed by atoms with Gasteiger partial charge in [-0.25, -0.2) is 19.2 Å². The molecule has 0 saturated carbocycles. The van der Waals surface area contributed by atoms with Gasteiger partial charge in [0.15, 0.2) is 11.5 Å². The van der Waals surface area contributed by atoms with Crippen LogP contribution in [0.4, 0.5) is 4.39 Å². The van der Waals surface area contributed by atoms with Gasteiger partial charge in [0.1, 0.15) is 29.3 Å². The summed E-state index contributed by atoms with van der Waals surface area (Å²) >= 11 is 5.97. The van der Waals surface area contributed by atoms with Gasteiger partial charge in [0, 0.05) is 29.8 Å². The van der Waals surface area contributed by atoms with E-state index < -0.39 is 17.6 Å². The van der Waals surface area contributed by atoms with Crippen LogP contribution >= 0.6 is 11.6 Å². The van der Waals surface area contributed by atoms with E-state index >= 15 is 0 Å². The fraction of sp³-hybridized carbons (Fsp3) is 0.406. The molecule has 230 valence electrons. The van der Waals surface area contributed by atoms with Crippen LogP contribution in [0.3, 0.4) is 0 Å². The number of aromatic nitrogens is 3. The van der Waals surface area contributed by atoms with Crippen molar-refractivity contribution in [2.24, 2.45) is 0 Å². The van der Waals surface area contributed by atoms with Crippen LogP contribution in [0.5, 0.6) is 11.5 Å². The number of halogens is 2. The third-order valence-corrected chi connectivity index (χ3v) is 9.07. The minimum Gasteiger partial charge on any atom is -0.474 e. The topological polar surface area (TPSA) is 112 Å². The van der Waals surface area contributed by atoms with Crippen molar-refractivity contribution in [3.63, 3.8) is 0 Å². The SMILES string of the molecule is Cc1c(-c2coc(C(=O)O)n2)nc(CN2CCC(c3cccc4c3OC(C)(c3ccc(Cl)cc3F)O4)CC2)n1CC1CCO1. The molecular formula is C32H32ClFN4O6. The molecule has 44 heavy (non-hydrogen) atoms. The number of carbonyl (C=O) groups is 1. The Bertz CT molecular complexity index is 1730. The molecule has 2 atom stereocenters. The van der Waals surface area contributed by atoms with Gasteiger partial charge in [-0.1, -0.05) is 23.7 Å². The van der Waals surface area contributed by atoms with Gasteiger partial charge < -0.3 is 28.3 Å². The summed E-state index contributed by atoms with van der Waals surface area (Å²) in [6.45, 7) is 7.43. The number of likely N-dealkylation sites (tertiary alicyclic amines) is 1. The van der Waals surface area contributed by atoms with Crippen molar-refractivity contribution in [3.05, 3.63) is 82.0 Å². The molecule has 2 aromatic carbocycles. The number of para-hydroxylation sites is 1. The maximum absolute atomic E-state index is 14.8. The van der Waals surface area contributed by atoms with Crippen LogP contribution in [-0.2, 0) is 23.6 Å². The summed E-state index contributed by atoms with van der Waals surface area (Å²) in [5, 5.41) is 9.58. The first-order valence-electron chi connectivity index (χ1n) is 14.7. The maximum Gasteiger partial charge on any atom is 0.392 e. The zero-order chi connectivity index (χ0) is 30.6. The van der Waals surface area contributed by atoms with E-state index in [1.807, 2.05) is 19.1 Å². The van der Waals surface area contributed by atoms with Gasteiger partial charge in [-0.3, -0.25) is 4.90 Å². The monoisotopic (exact) mass is 622 g/mol. The molecule has 3 aliphatic heterocycles. The quantitative estimate of drug-likeness (QED) is 0.247. The molecular weight excluding hydrogens is 591 g/mol. The largest absolute Gasteiger partial charge is 0.474 e. The predicted octanol–water partition coefficient (Wildman–Crippen LogP) is 6.15. The second kappa shape index (κ2) is 11.2. The van der Waals surface area contributed by atoms with Crippen molar-refractivity contribution < 1.29 is 32.9 Å². The molecule has 2 unspecified atom stereocenters. The van der Waals surface area contributed by atoms with Gasteiger partial charge >= 0.3 is 11.9 Å². The van der Waals surface area contributed by atoms with Crippen LogP contribution in [0.1, 0.15) is 65.4 Å². The highest BCUT2D eigenvalue weighted by molar-refractivity contribution is 6.30. The number of carboxylic acids is 1. The maximum atomic E-state index is 14.8. The Labute approximate surface area is 258 Å². The highest BCUT2D eigenvalue weighted by atomic mass is 35.5. The van der Waals surface area contributed by atoms with E-state index in [0.29, 0.717) is 46.6 Å². The van der Waals surface area contributed by atoms with E-state index in [1.54, 1.807) is 19.1 Å². The van der Waals surface area contributed by atoms with E-state index in [-0.39, 0.29) is 17.9 Å². The molecule has 3 aliphatic rings. The second-order valence-electron chi connectivity index (χ2n) is 11.7. The van der Waals surface area contributed by atoms with Gasteiger partial charge in [0.05, 0.1) is 24.8 Å². The summed E-state index contributed by atoms with van der Waals surface area (Å²) < 4.78 is 40.4. The van der Waals surface area contributed by atoms with E-state index in [4.69, 9.17) is 35.2 Å². The first-order chi connectivity index (χ1) is 21.2. The van der Waals surface area contributed by atoms with Crippen LogP contribution in [-0.4, -0.2) is 56.3 Å². The fourth-order valence-electron chi connectivity index (χ4n) is 6.35. The number of rotatable bonds is 8.